The van der Waals surface area contributed by atoms with E-state index in [1.807, 2.05) is 12.1 Å². The first-order valence-corrected chi connectivity index (χ1v) is 5.25. The molecule has 1 amide bonds. The number of nitrogens with one attached hydrogen (secondary N) is 1. The molecule has 1 aromatic rings. The molecule has 0 spiro atoms. The molecule has 6 heteroatoms. The Morgan fingerprint density at radius 1 is 1.44 bits per heavy atom. The normalized spacial score (nSPS) is 9.69. The van der Waals surface area contributed by atoms with Crippen LogP contribution in [0.1, 0.15) is 5.56 Å². The summed E-state index contributed by atoms with van der Waals surface area (Å²) in [7, 11) is 2.83. The van der Waals surface area contributed by atoms with E-state index in [2.05, 4.69) is 26.1 Å². The van der Waals surface area contributed by atoms with E-state index < -0.39 is 6.09 Å². The van der Waals surface area contributed by atoms with Crippen LogP contribution in [0.25, 0.3) is 0 Å². The van der Waals surface area contributed by atoms with Crippen molar-refractivity contribution in [2.75, 3.05) is 14.2 Å². The molecule has 1 N–H and O–H groups in total. The molecule has 0 unspecified atom stereocenters. The summed E-state index contributed by atoms with van der Waals surface area (Å²) in [6.07, 6.45) is -0.644. The summed E-state index contributed by atoms with van der Waals surface area (Å²) in [5.74, 6) is 0.690. The van der Waals surface area contributed by atoms with E-state index in [9.17, 15) is 4.79 Å². The number of amides is 1. The first kappa shape index (κ1) is 12.8. The van der Waals surface area contributed by atoms with Crippen LogP contribution in [-0.2, 0) is 16.2 Å². The lowest BCUT2D eigenvalue weighted by Gasteiger charge is -2.09. The molecule has 16 heavy (non-hydrogen) atoms. The maximum atomic E-state index is 10.7. The van der Waals surface area contributed by atoms with Crippen LogP contribution in [0.3, 0.4) is 0 Å². The highest BCUT2D eigenvalue weighted by Crippen LogP contribution is 2.23. The van der Waals surface area contributed by atoms with Gasteiger partial charge in [0, 0.05) is 10.0 Å². The van der Waals surface area contributed by atoms with Crippen LogP contribution >= 0.6 is 15.9 Å². The molecule has 0 saturated carbocycles. The summed E-state index contributed by atoms with van der Waals surface area (Å²) >= 11 is 3.34. The number of benzene rings is 1. The highest BCUT2D eigenvalue weighted by molar-refractivity contribution is 9.10. The van der Waals surface area contributed by atoms with Gasteiger partial charge in [-0.15, -0.1) is 0 Å². The third-order valence-electron chi connectivity index (χ3n) is 1.81. The molecule has 0 aromatic heterocycles. The minimum atomic E-state index is -0.644. The van der Waals surface area contributed by atoms with Gasteiger partial charge in [-0.05, 0) is 18.2 Å². The summed E-state index contributed by atoms with van der Waals surface area (Å²) in [5.41, 5.74) is 2.93. The number of rotatable bonds is 4. The van der Waals surface area contributed by atoms with Gasteiger partial charge in [-0.25, -0.2) is 4.79 Å². The molecule has 0 aliphatic carbocycles. The number of hydroxylamine groups is 1. The second-order valence-corrected chi connectivity index (χ2v) is 3.75. The molecule has 0 aliphatic rings. The van der Waals surface area contributed by atoms with Gasteiger partial charge in [0.25, 0.3) is 0 Å². The van der Waals surface area contributed by atoms with E-state index in [1.54, 1.807) is 13.2 Å². The zero-order valence-corrected chi connectivity index (χ0v) is 10.5. The van der Waals surface area contributed by atoms with Crippen LogP contribution < -0.4 is 10.2 Å². The fourth-order valence-electron chi connectivity index (χ4n) is 1.07. The summed E-state index contributed by atoms with van der Waals surface area (Å²) in [4.78, 5) is 15.7. The van der Waals surface area contributed by atoms with Gasteiger partial charge < -0.3 is 9.47 Å². The summed E-state index contributed by atoms with van der Waals surface area (Å²) in [6, 6.07) is 5.51. The Morgan fingerprint density at radius 2 is 2.19 bits per heavy atom. The Balaban J connectivity index is 2.58. The van der Waals surface area contributed by atoms with Crippen molar-refractivity contribution in [3.05, 3.63) is 28.2 Å². The van der Waals surface area contributed by atoms with Gasteiger partial charge >= 0.3 is 6.09 Å². The first-order chi connectivity index (χ1) is 7.67. The predicted octanol–water partition coefficient (Wildman–Crippen LogP) is 2.25. The summed E-state index contributed by atoms with van der Waals surface area (Å²) in [5, 5.41) is 0. The van der Waals surface area contributed by atoms with Crippen molar-refractivity contribution in [1.82, 2.24) is 5.48 Å². The molecule has 0 bridgehead atoms. The van der Waals surface area contributed by atoms with Crippen LogP contribution in [0, 0.1) is 0 Å². The van der Waals surface area contributed by atoms with Crippen molar-refractivity contribution < 1.29 is 19.1 Å². The van der Waals surface area contributed by atoms with Gasteiger partial charge in [0.15, 0.2) is 0 Å². The maximum absolute atomic E-state index is 10.7. The van der Waals surface area contributed by atoms with Gasteiger partial charge in [0.05, 0.1) is 14.2 Å². The van der Waals surface area contributed by atoms with Gasteiger partial charge in [0.1, 0.15) is 12.4 Å². The van der Waals surface area contributed by atoms with E-state index in [1.165, 1.54) is 7.11 Å². The van der Waals surface area contributed by atoms with Crippen molar-refractivity contribution in [3.8, 4) is 5.75 Å². The van der Waals surface area contributed by atoms with Crippen LogP contribution in [0.15, 0.2) is 22.7 Å². The number of ether oxygens (including phenoxy) is 2. The lowest BCUT2D eigenvalue weighted by molar-refractivity contribution is 0.0242. The molecule has 1 rings (SSSR count). The molecule has 0 heterocycles. The van der Waals surface area contributed by atoms with Crippen LogP contribution in [0.5, 0.6) is 5.75 Å². The highest BCUT2D eigenvalue weighted by Gasteiger charge is 2.05. The molecular weight excluding hydrogens is 278 g/mol. The summed E-state index contributed by atoms with van der Waals surface area (Å²) < 4.78 is 10.4. The van der Waals surface area contributed by atoms with Crippen LogP contribution in [0.4, 0.5) is 4.79 Å². The molecule has 0 aliphatic heterocycles. The van der Waals surface area contributed by atoms with Gasteiger partial charge in [-0.3, -0.25) is 4.84 Å². The predicted molar refractivity (Wildman–Crippen MR) is 61.0 cm³/mol. The standard InChI is InChI=1S/C10H12BrNO4/c1-14-9-4-3-8(11)5-7(9)6-16-12-10(13)15-2/h3-5H,6H2,1-2H3,(H,12,13). The number of carbonyl (C=O) groups is 1. The Hall–Kier alpha value is -1.27. The minimum Gasteiger partial charge on any atom is -0.496 e. The van der Waals surface area contributed by atoms with E-state index >= 15 is 0 Å². The third-order valence-corrected chi connectivity index (χ3v) is 2.30. The third kappa shape index (κ3) is 3.71. The fourth-order valence-corrected chi connectivity index (χ4v) is 1.48. The highest BCUT2D eigenvalue weighted by atomic mass is 79.9. The van der Waals surface area contributed by atoms with Crippen LogP contribution in [0.2, 0.25) is 0 Å². The average molecular weight is 290 g/mol. The molecule has 5 nitrogen and oxygen atoms in total. The molecule has 0 fully saturated rings. The molecule has 0 saturated heterocycles. The smallest absolute Gasteiger partial charge is 0.431 e. The minimum absolute atomic E-state index is 0.192. The Bertz CT molecular complexity index is 370. The lowest BCUT2D eigenvalue weighted by atomic mass is 10.2. The van der Waals surface area contributed by atoms with Gasteiger partial charge in [0.2, 0.25) is 0 Å². The Labute approximate surface area is 102 Å². The second kappa shape index (κ2) is 6.34. The van der Waals surface area contributed by atoms with E-state index in [4.69, 9.17) is 9.57 Å². The number of carbonyl (C=O) groups excluding carboxylic acids is 1. The molecule has 1 aromatic carbocycles. The lowest BCUT2D eigenvalue weighted by Crippen LogP contribution is -2.23. The molecule has 0 atom stereocenters. The zero-order valence-electron chi connectivity index (χ0n) is 8.95. The molecule has 88 valence electrons. The maximum Gasteiger partial charge on any atom is 0.431 e. The monoisotopic (exact) mass is 289 g/mol. The van der Waals surface area contributed by atoms with Gasteiger partial charge in [-0.1, -0.05) is 15.9 Å². The zero-order chi connectivity index (χ0) is 12.0. The van der Waals surface area contributed by atoms with Crippen molar-refractivity contribution in [2.24, 2.45) is 0 Å². The molecular formula is C10H12BrNO4. The van der Waals surface area contributed by atoms with Crippen molar-refractivity contribution >= 4 is 22.0 Å². The topological polar surface area (TPSA) is 56.8 Å². The Morgan fingerprint density at radius 3 is 2.81 bits per heavy atom. The van der Waals surface area contributed by atoms with E-state index in [0.717, 1.165) is 10.0 Å². The van der Waals surface area contributed by atoms with Gasteiger partial charge in [-0.2, -0.15) is 5.48 Å². The second-order valence-electron chi connectivity index (χ2n) is 2.84. The van der Waals surface area contributed by atoms with E-state index in [0.29, 0.717) is 5.75 Å². The largest absolute Gasteiger partial charge is 0.496 e. The SMILES string of the molecule is COC(=O)NOCc1cc(Br)ccc1OC. The van der Waals surface area contributed by atoms with Crippen molar-refractivity contribution in [2.45, 2.75) is 6.61 Å². The van der Waals surface area contributed by atoms with Crippen LogP contribution in [-0.4, -0.2) is 20.3 Å². The number of hydrogen-bond donors (Lipinski definition) is 1. The first-order valence-electron chi connectivity index (χ1n) is 4.45. The quantitative estimate of drug-likeness (QED) is 0.864. The molecule has 0 radical (unpaired) electrons. The number of halogens is 1. The summed E-state index contributed by atoms with van der Waals surface area (Å²) in [6.45, 7) is 0.192. The van der Waals surface area contributed by atoms with E-state index in [-0.39, 0.29) is 6.61 Å². The average Bonchev–Trinajstić information content (AvgIpc) is 2.29. The van der Waals surface area contributed by atoms with Crippen molar-refractivity contribution in [1.29, 1.82) is 0 Å². The number of methoxy groups -OCH3 is 2. The number of hydrogen-bond acceptors (Lipinski definition) is 4. The van der Waals surface area contributed by atoms with Crippen molar-refractivity contribution in [3.63, 3.8) is 0 Å². The fraction of sp³-hybridized carbons (Fsp3) is 0.300. The Kier molecular flexibility index (Phi) is 5.07.